The maximum absolute atomic E-state index is 11.3. The van der Waals surface area contributed by atoms with Crippen molar-refractivity contribution in [1.29, 1.82) is 5.26 Å². The zero-order valence-corrected chi connectivity index (χ0v) is 10.5. The van der Waals surface area contributed by atoms with E-state index in [1.54, 1.807) is 12.1 Å². The molecule has 0 spiro atoms. The Hall–Kier alpha value is -3.21. The normalized spacial score (nSPS) is 10.9. The Kier molecular flexibility index (Phi) is 3.72. The molecule has 0 fully saturated rings. The minimum atomic E-state index is -0.256. The van der Waals surface area contributed by atoms with Crippen LogP contribution >= 0.6 is 0 Å². The molecule has 0 aliphatic heterocycles. The van der Waals surface area contributed by atoms with E-state index >= 15 is 0 Å². The van der Waals surface area contributed by atoms with Crippen LogP contribution in [0.4, 0.5) is 5.69 Å². The van der Waals surface area contributed by atoms with Gasteiger partial charge in [-0.1, -0.05) is 6.07 Å². The molecule has 100 valence electrons. The quantitative estimate of drug-likeness (QED) is 0.431. The van der Waals surface area contributed by atoms with E-state index in [4.69, 9.17) is 5.26 Å². The zero-order chi connectivity index (χ0) is 14.5. The molecule has 20 heavy (non-hydrogen) atoms. The van der Waals surface area contributed by atoms with Crippen LogP contribution in [-0.2, 0) is 0 Å². The van der Waals surface area contributed by atoms with Crippen molar-refractivity contribution in [2.75, 3.05) is 5.32 Å². The fraction of sp³-hybridized carbons (Fsp3) is 0.0833. The predicted molar refractivity (Wildman–Crippen MR) is 69.5 cm³/mol. The van der Waals surface area contributed by atoms with Gasteiger partial charge in [-0.3, -0.25) is 4.79 Å². The second-order valence-corrected chi connectivity index (χ2v) is 3.81. The molecule has 0 unspecified atom stereocenters. The first-order chi connectivity index (χ1) is 9.63. The lowest BCUT2D eigenvalue weighted by Crippen LogP contribution is -1.97. The number of hydrogen-bond acceptors (Lipinski definition) is 7. The maximum atomic E-state index is 11.3. The summed E-state index contributed by atoms with van der Waals surface area (Å²) in [6.45, 7) is 1.36. The van der Waals surface area contributed by atoms with Gasteiger partial charge in [-0.05, 0) is 24.3 Å². The summed E-state index contributed by atoms with van der Waals surface area (Å²) in [5, 5.41) is 34.6. The third-order valence-electron chi connectivity index (χ3n) is 2.49. The number of anilines is 1. The molecular weight excluding hydrogens is 260 g/mol. The van der Waals surface area contributed by atoms with E-state index < -0.39 is 0 Å². The van der Waals surface area contributed by atoms with Crippen LogP contribution in [0.15, 0.2) is 24.4 Å². The SMILES string of the molecule is CC(=O)c1cccc(NC=C(C#N)c2nn[nH]n2)c1O. The van der Waals surface area contributed by atoms with Crippen LogP contribution in [0.3, 0.4) is 0 Å². The molecular formula is C12H10N6O2. The molecule has 3 N–H and O–H groups in total. The number of allylic oxidation sites excluding steroid dienone is 1. The van der Waals surface area contributed by atoms with Crippen LogP contribution < -0.4 is 5.32 Å². The van der Waals surface area contributed by atoms with Gasteiger partial charge >= 0.3 is 0 Å². The van der Waals surface area contributed by atoms with Gasteiger partial charge in [0.2, 0.25) is 5.82 Å². The first-order valence-electron chi connectivity index (χ1n) is 5.57. The summed E-state index contributed by atoms with van der Waals surface area (Å²) in [4.78, 5) is 11.3. The number of para-hydroxylation sites is 1. The van der Waals surface area contributed by atoms with E-state index in [2.05, 4.69) is 25.9 Å². The van der Waals surface area contributed by atoms with Crippen molar-refractivity contribution in [3.05, 3.63) is 35.8 Å². The van der Waals surface area contributed by atoms with Gasteiger partial charge in [0.15, 0.2) is 5.78 Å². The van der Waals surface area contributed by atoms with Gasteiger partial charge in [-0.15, -0.1) is 10.2 Å². The molecule has 1 aromatic heterocycles. The number of hydrogen-bond donors (Lipinski definition) is 3. The highest BCUT2D eigenvalue weighted by Gasteiger charge is 2.11. The fourth-order valence-electron chi connectivity index (χ4n) is 1.52. The number of aromatic hydroxyl groups is 1. The monoisotopic (exact) mass is 270 g/mol. The number of carbonyl (C=O) groups excluding carboxylic acids is 1. The van der Waals surface area contributed by atoms with Crippen LogP contribution in [0, 0.1) is 11.3 Å². The second-order valence-electron chi connectivity index (χ2n) is 3.81. The number of phenolic OH excluding ortho intramolecular Hbond substituents is 1. The molecule has 0 aliphatic carbocycles. The summed E-state index contributed by atoms with van der Waals surface area (Å²) in [5.74, 6) is -0.308. The van der Waals surface area contributed by atoms with Crippen LogP contribution in [0.5, 0.6) is 5.75 Å². The first kappa shape index (κ1) is 13.2. The van der Waals surface area contributed by atoms with Crippen molar-refractivity contribution in [3.8, 4) is 11.8 Å². The first-order valence-corrected chi connectivity index (χ1v) is 5.57. The van der Waals surface area contributed by atoms with Gasteiger partial charge in [0, 0.05) is 6.20 Å². The van der Waals surface area contributed by atoms with Crippen molar-refractivity contribution >= 4 is 17.0 Å². The molecule has 0 saturated heterocycles. The number of carbonyl (C=O) groups is 1. The standard InChI is InChI=1S/C12H10N6O2/c1-7(19)9-3-2-4-10(11(9)20)14-6-8(5-13)12-15-17-18-16-12/h2-4,6,14,20H,1H3,(H,15,16,17,18). The molecule has 8 nitrogen and oxygen atoms in total. The lowest BCUT2D eigenvalue weighted by atomic mass is 10.1. The summed E-state index contributed by atoms with van der Waals surface area (Å²) in [5.41, 5.74) is 0.627. The number of nitriles is 1. The van der Waals surface area contributed by atoms with Crippen LogP contribution in [0.25, 0.3) is 5.57 Å². The number of H-pyrrole nitrogens is 1. The van der Waals surface area contributed by atoms with E-state index in [0.29, 0.717) is 5.69 Å². The number of nitrogens with zero attached hydrogens (tertiary/aromatic N) is 4. The largest absolute Gasteiger partial charge is 0.505 e. The predicted octanol–water partition coefficient (Wildman–Crippen LogP) is 1.08. The van der Waals surface area contributed by atoms with Crippen molar-refractivity contribution in [2.45, 2.75) is 6.92 Å². The number of tetrazole rings is 1. The summed E-state index contributed by atoms with van der Waals surface area (Å²) < 4.78 is 0. The van der Waals surface area contributed by atoms with Gasteiger partial charge in [0.1, 0.15) is 17.4 Å². The Balaban J connectivity index is 2.29. The average molecular weight is 270 g/mol. The highest BCUT2D eigenvalue weighted by Crippen LogP contribution is 2.28. The Morgan fingerprint density at radius 1 is 1.55 bits per heavy atom. The van der Waals surface area contributed by atoms with Crippen molar-refractivity contribution in [2.24, 2.45) is 0 Å². The number of rotatable bonds is 4. The van der Waals surface area contributed by atoms with Gasteiger partial charge in [0.25, 0.3) is 0 Å². The number of ketones is 1. The fourth-order valence-corrected chi connectivity index (χ4v) is 1.52. The highest BCUT2D eigenvalue weighted by molar-refractivity contribution is 5.98. The lowest BCUT2D eigenvalue weighted by molar-refractivity contribution is 0.101. The number of Topliss-reactive ketones (excluding diaryl/α,β-unsaturated/α-hetero) is 1. The van der Waals surface area contributed by atoms with Gasteiger partial charge in [-0.2, -0.15) is 10.5 Å². The van der Waals surface area contributed by atoms with Crippen molar-refractivity contribution in [1.82, 2.24) is 20.6 Å². The Labute approximate surface area is 113 Å². The molecule has 0 bridgehead atoms. The van der Waals surface area contributed by atoms with Gasteiger partial charge in [-0.25, -0.2) is 0 Å². The minimum absolute atomic E-state index is 0.127. The molecule has 2 rings (SSSR count). The Bertz CT molecular complexity index is 699. The molecule has 2 aromatic rings. The number of aromatic nitrogens is 4. The second kappa shape index (κ2) is 5.62. The molecule has 0 amide bonds. The summed E-state index contributed by atoms with van der Waals surface area (Å²) in [7, 11) is 0. The molecule has 0 radical (unpaired) electrons. The number of benzene rings is 1. The van der Waals surface area contributed by atoms with Gasteiger partial charge < -0.3 is 10.4 Å². The molecule has 0 aliphatic rings. The van der Waals surface area contributed by atoms with E-state index in [-0.39, 0.29) is 28.5 Å². The van der Waals surface area contributed by atoms with Crippen molar-refractivity contribution < 1.29 is 9.90 Å². The van der Waals surface area contributed by atoms with E-state index in [1.807, 2.05) is 6.07 Å². The molecule has 0 saturated carbocycles. The number of aromatic amines is 1. The third-order valence-corrected chi connectivity index (χ3v) is 2.49. The average Bonchev–Trinajstić information content (AvgIpc) is 2.95. The Morgan fingerprint density at radius 2 is 2.35 bits per heavy atom. The Morgan fingerprint density at radius 3 is 2.95 bits per heavy atom. The smallest absolute Gasteiger partial charge is 0.216 e. The van der Waals surface area contributed by atoms with Crippen molar-refractivity contribution in [3.63, 3.8) is 0 Å². The topological polar surface area (TPSA) is 128 Å². The highest BCUT2D eigenvalue weighted by atomic mass is 16.3. The third kappa shape index (κ3) is 2.62. The van der Waals surface area contributed by atoms with E-state index in [0.717, 1.165) is 0 Å². The van der Waals surface area contributed by atoms with Crippen LogP contribution in [0.2, 0.25) is 0 Å². The summed E-state index contributed by atoms with van der Waals surface area (Å²) in [6.07, 6.45) is 1.32. The molecule has 1 aromatic carbocycles. The number of phenols is 1. The van der Waals surface area contributed by atoms with E-state index in [9.17, 15) is 9.90 Å². The molecule has 0 atom stereocenters. The number of nitrogens with one attached hydrogen (secondary N) is 2. The summed E-state index contributed by atoms with van der Waals surface area (Å²) >= 11 is 0. The van der Waals surface area contributed by atoms with Crippen LogP contribution in [0.1, 0.15) is 23.1 Å². The van der Waals surface area contributed by atoms with Gasteiger partial charge in [0.05, 0.1) is 11.3 Å². The minimum Gasteiger partial charge on any atom is -0.505 e. The maximum Gasteiger partial charge on any atom is 0.216 e. The lowest BCUT2D eigenvalue weighted by Gasteiger charge is -2.07. The van der Waals surface area contributed by atoms with E-state index in [1.165, 1.54) is 19.2 Å². The molecule has 1 heterocycles. The summed E-state index contributed by atoms with van der Waals surface area (Å²) in [6, 6.07) is 6.60. The zero-order valence-electron chi connectivity index (χ0n) is 10.5. The van der Waals surface area contributed by atoms with Crippen LogP contribution in [-0.4, -0.2) is 31.5 Å². The molecule has 8 heteroatoms.